The molecule has 130 heavy (non-hydrogen) atoms. The summed E-state index contributed by atoms with van der Waals surface area (Å²) in [7, 11) is 0. The van der Waals surface area contributed by atoms with Gasteiger partial charge in [-0.05, 0) is 259 Å². The summed E-state index contributed by atoms with van der Waals surface area (Å²) in [6, 6.07) is 14.4. The number of hydrogen-bond acceptors (Lipinski definition) is 2. The van der Waals surface area contributed by atoms with Crippen molar-refractivity contribution in [3.05, 3.63) is 309 Å². The highest BCUT2D eigenvalue weighted by molar-refractivity contribution is 7.00. The van der Waals surface area contributed by atoms with Gasteiger partial charge in [0, 0.05) is 61.5 Å². The van der Waals surface area contributed by atoms with Crippen LogP contribution in [0.25, 0.3) is 94.3 Å². The molecule has 0 spiro atoms. The van der Waals surface area contributed by atoms with Crippen molar-refractivity contribution in [2.45, 2.75) is 314 Å². The number of aromatic nitrogens is 1. The second-order valence-corrected chi connectivity index (χ2v) is 48.9. The van der Waals surface area contributed by atoms with E-state index in [9.17, 15) is 35.6 Å². The maximum atomic E-state index is 12.1. The molecule has 3 heterocycles. The molecule has 2 aliphatic rings. The second kappa shape index (κ2) is 31.5. The van der Waals surface area contributed by atoms with Gasteiger partial charge in [-0.2, -0.15) is 0 Å². The number of anilines is 6. The fourth-order valence-corrected chi connectivity index (χ4v) is 17.9. The van der Waals surface area contributed by atoms with Gasteiger partial charge in [0.05, 0.1) is 58.0 Å². The third-order valence-corrected chi connectivity index (χ3v) is 25.7. The minimum absolute atomic E-state index is 0.00677. The molecule has 2 aliphatic heterocycles. The van der Waals surface area contributed by atoms with E-state index < -0.39 is 210 Å². The van der Waals surface area contributed by atoms with Gasteiger partial charge in [0.2, 0.25) is 0 Å². The molecule has 4 heteroatoms. The predicted octanol–water partition coefficient (Wildman–Crippen LogP) is 34.4. The standard InChI is InChI=1S/C126H148BN3/c1-115(2,3)83-53-48-77(49-54-83)96-71-90(122(22,23)24)73-98(93-59-57-85(117(7,8)9)75-102(93)126(34,35)36)113(96)129-107-66-79(80-62-86(118(10,11)12)69-87(63-80)119(13,14)15)52-60-103(107)127-104-61-58-92(128-105-46-39-37-42-94(105)95-43-38-40-47-106(95)128)76-108(104)130(110-68-82(67-109(129)112(110)127)81-64-88(120(16,17)18)70-89(65-81)121(19,20)21)114-97(78-50-55-84(56-51-78)116(4,5)6)72-91(123(25,26)27)74-99(114)111-100(124(28,29)30)44-41-45-101(111)125(31,32)33/h37-76H,1-36H3/i37D,38D,39D,40D,41D,42D,43D,44D,45D,46D,47D,48D,49D,50D,51D,53D,54D,55D,56D,57D,59D,71D,72D,73D,74D,75D. The summed E-state index contributed by atoms with van der Waals surface area (Å²) in [5, 5.41) is -0.528. The van der Waals surface area contributed by atoms with E-state index >= 15 is 0 Å². The number of hydrogen-bond donors (Lipinski definition) is 0. The normalized spacial score (nSPS) is 16.8. The molecule has 0 saturated carbocycles. The van der Waals surface area contributed by atoms with Crippen LogP contribution in [0.5, 0.6) is 0 Å². The van der Waals surface area contributed by atoms with Crippen molar-refractivity contribution >= 4 is 79.0 Å². The third-order valence-electron chi connectivity index (χ3n) is 25.7. The Morgan fingerprint density at radius 1 is 0.231 bits per heavy atom. The molecular weight excluding hydrogens is 1570 g/mol. The van der Waals surface area contributed by atoms with Gasteiger partial charge in [-0.15, -0.1) is 0 Å². The van der Waals surface area contributed by atoms with Crippen molar-refractivity contribution in [1.82, 2.24) is 4.57 Å². The van der Waals surface area contributed by atoms with Gasteiger partial charge in [-0.25, -0.2) is 0 Å². The largest absolute Gasteiger partial charge is 0.310 e. The van der Waals surface area contributed by atoms with Crippen LogP contribution in [0.2, 0.25) is 0 Å². The average Bonchev–Trinajstić information content (AvgIpc) is 0.691. The van der Waals surface area contributed by atoms with E-state index in [2.05, 4.69) is 119 Å². The molecule has 0 bridgehead atoms. The number of nitrogens with zero attached hydrogens (tertiary/aromatic N) is 3. The predicted molar refractivity (Wildman–Crippen MR) is 572 cm³/mol. The summed E-state index contributed by atoms with van der Waals surface area (Å²) in [5.74, 6) is 0. The van der Waals surface area contributed by atoms with Crippen molar-refractivity contribution < 1.29 is 35.6 Å². The molecule has 14 aromatic rings. The van der Waals surface area contributed by atoms with E-state index in [0.29, 0.717) is 27.6 Å². The average molecular weight is 1740 g/mol. The van der Waals surface area contributed by atoms with Crippen LogP contribution in [-0.2, 0) is 65.0 Å². The van der Waals surface area contributed by atoms with Gasteiger partial charge >= 0.3 is 0 Å². The van der Waals surface area contributed by atoms with Crippen LogP contribution in [0.1, 0.15) is 352 Å². The molecule has 1 aromatic heterocycles. The summed E-state index contributed by atoms with van der Waals surface area (Å²) in [6.45, 7) is 68.2. The Morgan fingerprint density at radius 2 is 0.569 bits per heavy atom. The van der Waals surface area contributed by atoms with Gasteiger partial charge < -0.3 is 14.4 Å². The molecule has 0 aliphatic carbocycles. The summed E-state index contributed by atoms with van der Waals surface area (Å²) in [5.41, 5.74) is -6.44. The lowest BCUT2D eigenvalue weighted by Crippen LogP contribution is -2.61. The Morgan fingerprint density at radius 3 is 0.969 bits per heavy atom. The first-order valence-electron chi connectivity index (χ1n) is 59.2. The van der Waals surface area contributed by atoms with Crippen LogP contribution < -0.4 is 26.2 Å². The van der Waals surface area contributed by atoms with Crippen molar-refractivity contribution in [2.24, 2.45) is 0 Å². The highest BCUT2D eigenvalue weighted by atomic mass is 15.2. The van der Waals surface area contributed by atoms with Crippen LogP contribution in [0.3, 0.4) is 0 Å². The van der Waals surface area contributed by atoms with Gasteiger partial charge in [-0.1, -0.05) is 425 Å². The third kappa shape index (κ3) is 17.1. The lowest BCUT2D eigenvalue weighted by atomic mass is 9.33. The zero-order valence-electron chi connectivity index (χ0n) is 110. The quantitative estimate of drug-likeness (QED) is 0.133. The molecule has 3 nitrogen and oxygen atoms in total. The van der Waals surface area contributed by atoms with E-state index in [0.717, 1.165) is 27.8 Å². The first-order chi connectivity index (χ1) is 70.9. The van der Waals surface area contributed by atoms with Crippen LogP contribution in [0.15, 0.2) is 242 Å². The SMILES string of the molecule is [2H]c1c([2H])c(C(C)(C)C)c(-c2c([2H])c(C(C)(C)C)c([2H])c(-c3c([2H])c([2H])c(C(C)(C)C)c([2H])c3[2H])c2N2c3cc(-n4c5c([2H])c([2H])c([2H])c([2H])c5c5c([2H])c([2H])c([2H])c([2H])c54)ccc3B3c4ccc(-c5cc(C(C)(C)C)cc(C(C)(C)C)c5)cc4N(c4c(-c5c([2H])c([2H])c(C(C)(C)C)c([2H])c5[2H])c([2H])c(C(C)(C)C)c([2H])c4-c4c([2H])c([2H])c(C(C)(C)C)c([2H])c4C(C)(C)C)c4cc(-c5cc(C(C)(C)C)cc(C(C)(C)C)c5)cc2c43)c(C(C)(C)C)c1[2H]. The number of fused-ring (bicyclic) bond motifs is 7. The minimum atomic E-state index is -1.34. The minimum Gasteiger partial charge on any atom is -0.310 e. The summed E-state index contributed by atoms with van der Waals surface area (Å²) < 4.78 is 280. The van der Waals surface area contributed by atoms with Crippen molar-refractivity contribution in [2.75, 3.05) is 9.80 Å². The summed E-state index contributed by atoms with van der Waals surface area (Å²) in [4.78, 5) is 3.70. The smallest absolute Gasteiger partial charge is 0.252 e. The molecule has 0 radical (unpaired) electrons. The van der Waals surface area contributed by atoms with Crippen LogP contribution in [0.4, 0.5) is 34.1 Å². The fraction of sp³-hybridized carbons (Fsp3) is 0.381. The molecule has 0 N–H and O–H groups in total. The highest BCUT2D eigenvalue weighted by Crippen LogP contribution is 2.59. The van der Waals surface area contributed by atoms with Crippen LogP contribution >= 0.6 is 0 Å². The molecule has 16 rings (SSSR count). The molecule has 0 atom stereocenters. The monoisotopic (exact) mass is 1740 g/mol. The molecule has 0 unspecified atom stereocenters. The van der Waals surface area contributed by atoms with Crippen molar-refractivity contribution in [3.63, 3.8) is 0 Å². The zero-order chi connectivity index (χ0) is 117. The highest BCUT2D eigenvalue weighted by Gasteiger charge is 2.48. The number of rotatable bonds is 9. The zero-order valence-corrected chi connectivity index (χ0v) is 84.0. The maximum absolute atomic E-state index is 12.1. The Balaban J connectivity index is 1.35. The summed E-state index contributed by atoms with van der Waals surface area (Å²) in [6.07, 6.45) is 0. The molecular formula is C126H148BN3. The Bertz CT molecular complexity index is 8240. The maximum Gasteiger partial charge on any atom is 0.252 e. The van der Waals surface area contributed by atoms with Crippen molar-refractivity contribution in [3.8, 4) is 72.4 Å². The van der Waals surface area contributed by atoms with Gasteiger partial charge in [0.25, 0.3) is 6.71 Å². The Hall–Kier alpha value is -10.7. The van der Waals surface area contributed by atoms with Gasteiger partial charge in [0.1, 0.15) is 0 Å². The molecule has 0 saturated heterocycles. The molecule has 670 valence electrons. The fourth-order valence-electron chi connectivity index (χ4n) is 17.9. The van der Waals surface area contributed by atoms with Crippen LogP contribution in [0, 0.1) is 0 Å². The summed E-state index contributed by atoms with van der Waals surface area (Å²) >= 11 is 0. The van der Waals surface area contributed by atoms with E-state index in [1.807, 2.05) is 160 Å². The van der Waals surface area contributed by atoms with Crippen LogP contribution in [-0.4, -0.2) is 11.3 Å². The topological polar surface area (TPSA) is 11.4 Å². The van der Waals surface area contributed by atoms with E-state index in [1.54, 1.807) is 64.6 Å². The van der Waals surface area contributed by atoms with Gasteiger partial charge in [0.15, 0.2) is 0 Å². The Labute approximate surface area is 820 Å². The van der Waals surface area contributed by atoms with E-state index in [4.69, 9.17) is 0 Å². The first kappa shape index (κ1) is 65.0. The Kier molecular flexibility index (Phi) is 15.8. The first-order valence-corrected chi connectivity index (χ1v) is 46.2. The molecule has 13 aromatic carbocycles. The number of para-hydroxylation sites is 2. The van der Waals surface area contributed by atoms with Crippen molar-refractivity contribution in [1.29, 1.82) is 0 Å². The number of benzene rings is 13. The lowest BCUT2D eigenvalue weighted by Gasteiger charge is -2.46. The van der Waals surface area contributed by atoms with E-state index in [-0.39, 0.29) is 175 Å². The second-order valence-electron chi connectivity index (χ2n) is 48.9. The van der Waals surface area contributed by atoms with E-state index in [1.165, 1.54) is 4.57 Å². The lowest BCUT2D eigenvalue weighted by molar-refractivity contribution is 0.568. The van der Waals surface area contributed by atoms with Gasteiger partial charge in [-0.3, -0.25) is 0 Å². The molecule has 0 fully saturated rings. The molecule has 0 amide bonds.